The highest BCUT2D eigenvalue weighted by atomic mass is 35.5. The molecule has 20 heavy (non-hydrogen) atoms. The van der Waals surface area contributed by atoms with Gasteiger partial charge in [-0.3, -0.25) is 0 Å². The summed E-state index contributed by atoms with van der Waals surface area (Å²) in [7, 11) is 0. The molecule has 0 heterocycles. The Morgan fingerprint density at radius 3 is 2.50 bits per heavy atom. The lowest BCUT2D eigenvalue weighted by atomic mass is 10.1. The summed E-state index contributed by atoms with van der Waals surface area (Å²) in [5.41, 5.74) is 10.2. The van der Waals surface area contributed by atoms with Crippen molar-refractivity contribution >= 4 is 11.6 Å². The first-order chi connectivity index (χ1) is 9.47. The number of benzene rings is 2. The molecule has 0 fully saturated rings. The van der Waals surface area contributed by atoms with Gasteiger partial charge < -0.3 is 10.5 Å². The van der Waals surface area contributed by atoms with Gasteiger partial charge in [-0.15, -0.1) is 0 Å². The fourth-order valence-electron chi connectivity index (χ4n) is 2.04. The Balaban J connectivity index is 2.11. The number of rotatable bonds is 4. The molecule has 0 aliphatic carbocycles. The Bertz CT molecular complexity index is 608. The first-order valence-electron chi connectivity index (χ1n) is 6.71. The minimum absolute atomic E-state index is 0.0364. The Hall–Kier alpha value is -1.51. The van der Waals surface area contributed by atoms with Crippen LogP contribution in [0.25, 0.3) is 0 Å². The molecule has 0 bridgehead atoms. The Kier molecular flexibility index (Phi) is 4.69. The van der Waals surface area contributed by atoms with Crippen molar-refractivity contribution in [3.63, 3.8) is 0 Å². The van der Waals surface area contributed by atoms with Crippen LogP contribution in [0.2, 0.25) is 5.02 Å². The van der Waals surface area contributed by atoms with Gasteiger partial charge in [-0.25, -0.2) is 0 Å². The van der Waals surface area contributed by atoms with Crippen LogP contribution < -0.4 is 10.5 Å². The molecule has 0 saturated carbocycles. The summed E-state index contributed by atoms with van der Waals surface area (Å²) in [5, 5.41) is 0.745. The van der Waals surface area contributed by atoms with E-state index < -0.39 is 0 Å². The second-order valence-electron chi connectivity index (χ2n) is 5.20. The predicted molar refractivity (Wildman–Crippen MR) is 84.3 cm³/mol. The smallest absolute Gasteiger partial charge is 0.122 e. The number of hydrogen-bond donors (Lipinski definition) is 1. The topological polar surface area (TPSA) is 35.2 Å². The summed E-state index contributed by atoms with van der Waals surface area (Å²) in [6.07, 6.45) is 0. The van der Waals surface area contributed by atoms with Gasteiger partial charge in [0, 0.05) is 16.6 Å². The van der Waals surface area contributed by atoms with Crippen LogP contribution in [0.5, 0.6) is 5.75 Å². The molecule has 106 valence electrons. The number of aryl methyl sites for hydroxylation is 2. The average molecular weight is 290 g/mol. The molecule has 2 N–H and O–H groups in total. The lowest BCUT2D eigenvalue weighted by Gasteiger charge is -2.13. The molecule has 2 aromatic rings. The van der Waals surface area contributed by atoms with Crippen molar-refractivity contribution in [2.45, 2.75) is 33.4 Å². The van der Waals surface area contributed by atoms with Crippen molar-refractivity contribution in [1.29, 1.82) is 0 Å². The molecule has 1 atom stereocenters. The lowest BCUT2D eigenvalue weighted by molar-refractivity contribution is 0.304. The van der Waals surface area contributed by atoms with Gasteiger partial charge in [0.1, 0.15) is 12.4 Å². The summed E-state index contributed by atoms with van der Waals surface area (Å²) in [6, 6.07) is 12.1. The first-order valence-corrected chi connectivity index (χ1v) is 7.09. The van der Waals surface area contributed by atoms with E-state index in [9.17, 15) is 0 Å². The molecular weight excluding hydrogens is 270 g/mol. The summed E-state index contributed by atoms with van der Waals surface area (Å²) >= 11 is 6.21. The number of ether oxygens (including phenoxy) is 1. The Morgan fingerprint density at radius 2 is 1.90 bits per heavy atom. The van der Waals surface area contributed by atoms with Crippen LogP contribution >= 0.6 is 11.6 Å². The number of halogens is 1. The third-order valence-electron chi connectivity index (χ3n) is 3.32. The van der Waals surface area contributed by atoms with E-state index in [-0.39, 0.29) is 6.04 Å². The van der Waals surface area contributed by atoms with Gasteiger partial charge in [-0.1, -0.05) is 35.9 Å². The lowest BCUT2D eigenvalue weighted by Crippen LogP contribution is -2.05. The molecule has 2 nitrogen and oxygen atoms in total. The minimum atomic E-state index is 0.0364. The van der Waals surface area contributed by atoms with Crippen molar-refractivity contribution in [3.8, 4) is 5.75 Å². The zero-order chi connectivity index (χ0) is 14.7. The molecule has 0 saturated heterocycles. The van der Waals surface area contributed by atoms with Gasteiger partial charge in [0.2, 0.25) is 0 Å². The van der Waals surface area contributed by atoms with Gasteiger partial charge in [0.25, 0.3) is 0 Å². The summed E-state index contributed by atoms with van der Waals surface area (Å²) in [4.78, 5) is 0. The predicted octanol–water partition coefficient (Wildman–Crippen LogP) is 4.56. The fourth-order valence-corrected chi connectivity index (χ4v) is 2.33. The van der Waals surface area contributed by atoms with Crippen molar-refractivity contribution in [3.05, 3.63) is 63.7 Å². The number of nitrogens with two attached hydrogens (primary N) is 1. The normalized spacial score (nSPS) is 12.2. The van der Waals surface area contributed by atoms with Gasteiger partial charge in [0.05, 0.1) is 0 Å². The van der Waals surface area contributed by atoms with Crippen LogP contribution in [0.1, 0.15) is 35.2 Å². The van der Waals surface area contributed by atoms with Gasteiger partial charge in [-0.05, 0) is 49.6 Å². The minimum Gasteiger partial charge on any atom is -0.489 e. The second kappa shape index (κ2) is 6.29. The molecule has 0 aliphatic rings. The van der Waals surface area contributed by atoms with Crippen LogP contribution in [0.4, 0.5) is 0 Å². The molecule has 2 rings (SSSR count). The van der Waals surface area contributed by atoms with Crippen molar-refractivity contribution < 1.29 is 4.74 Å². The third kappa shape index (κ3) is 3.53. The monoisotopic (exact) mass is 289 g/mol. The second-order valence-corrected chi connectivity index (χ2v) is 5.60. The largest absolute Gasteiger partial charge is 0.489 e. The molecule has 0 radical (unpaired) electrons. The van der Waals surface area contributed by atoms with Crippen LogP contribution in [0, 0.1) is 13.8 Å². The highest BCUT2D eigenvalue weighted by Crippen LogP contribution is 2.24. The molecule has 0 spiro atoms. The molecule has 0 aromatic heterocycles. The quantitative estimate of drug-likeness (QED) is 0.896. The maximum atomic E-state index is 6.21. The average Bonchev–Trinajstić information content (AvgIpc) is 2.38. The van der Waals surface area contributed by atoms with E-state index in [1.807, 2.05) is 51.1 Å². The maximum Gasteiger partial charge on any atom is 0.122 e. The van der Waals surface area contributed by atoms with E-state index in [2.05, 4.69) is 6.07 Å². The van der Waals surface area contributed by atoms with E-state index in [0.717, 1.165) is 33.0 Å². The highest BCUT2D eigenvalue weighted by molar-refractivity contribution is 6.31. The molecule has 3 heteroatoms. The highest BCUT2D eigenvalue weighted by Gasteiger charge is 2.06. The van der Waals surface area contributed by atoms with Gasteiger partial charge in [-0.2, -0.15) is 0 Å². The number of hydrogen-bond acceptors (Lipinski definition) is 2. The van der Waals surface area contributed by atoms with Gasteiger partial charge >= 0.3 is 0 Å². The first kappa shape index (κ1) is 14.9. The molecule has 0 aliphatic heterocycles. The standard InChI is InChI=1S/C17H20ClNO/c1-11-4-5-15(16(18)8-11)10-20-17-7-6-14(13(3)19)9-12(17)2/h4-9,13H,10,19H2,1-3H3. The van der Waals surface area contributed by atoms with Crippen LogP contribution in [-0.2, 0) is 6.61 Å². The van der Waals surface area contributed by atoms with Crippen LogP contribution in [-0.4, -0.2) is 0 Å². The van der Waals surface area contributed by atoms with E-state index >= 15 is 0 Å². The van der Waals surface area contributed by atoms with Crippen LogP contribution in [0.15, 0.2) is 36.4 Å². The molecule has 0 amide bonds. The van der Waals surface area contributed by atoms with Crippen molar-refractivity contribution in [1.82, 2.24) is 0 Å². The zero-order valence-corrected chi connectivity index (χ0v) is 12.9. The molecule has 2 aromatic carbocycles. The van der Waals surface area contributed by atoms with E-state index in [0.29, 0.717) is 6.61 Å². The van der Waals surface area contributed by atoms with Crippen molar-refractivity contribution in [2.24, 2.45) is 5.73 Å². The zero-order valence-electron chi connectivity index (χ0n) is 12.1. The Labute approximate surface area is 125 Å². The van der Waals surface area contributed by atoms with E-state index in [4.69, 9.17) is 22.1 Å². The molecular formula is C17H20ClNO. The van der Waals surface area contributed by atoms with Crippen molar-refractivity contribution in [2.75, 3.05) is 0 Å². The van der Waals surface area contributed by atoms with Gasteiger partial charge in [0.15, 0.2) is 0 Å². The maximum absolute atomic E-state index is 6.21. The Morgan fingerprint density at radius 1 is 1.15 bits per heavy atom. The SMILES string of the molecule is Cc1ccc(COc2ccc(C(C)N)cc2C)c(Cl)c1. The molecule has 1 unspecified atom stereocenters. The fraction of sp³-hybridized carbons (Fsp3) is 0.294. The van der Waals surface area contributed by atoms with E-state index in [1.54, 1.807) is 0 Å². The third-order valence-corrected chi connectivity index (χ3v) is 3.67. The summed E-state index contributed by atoms with van der Waals surface area (Å²) < 4.78 is 5.85. The van der Waals surface area contributed by atoms with E-state index in [1.165, 1.54) is 0 Å². The summed E-state index contributed by atoms with van der Waals surface area (Å²) in [6.45, 7) is 6.49. The summed E-state index contributed by atoms with van der Waals surface area (Å²) in [5.74, 6) is 0.867. The van der Waals surface area contributed by atoms with Crippen LogP contribution in [0.3, 0.4) is 0 Å².